The Morgan fingerprint density at radius 1 is 0.558 bits per heavy atom. The predicted octanol–water partition coefficient (Wildman–Crippen LogP) is 1.49. The molecule has 0 saturated heterocycles. The van der Waals surface area contributed by atoms with Crippen molar-refractivity contribution in [1.29, 1.82) is 0 Å². The Morgan fingerprint density at radius 2 is 0.923 bits per heavy atom. The molecule has 2 aromatic carbocycles. The van der Waals surface area contributed by atoms with Crippen molar-refractivity contribution in [2.24, 2.45) is 10.2 Å². The second-order valence-corrected chi connectivity index (χ2v) is 11.6. The molecular formula is C34H38N10O8. The average Bonchev–Trinajstić information content (AvgIpc) is 3.10. The molecule has 0 aliphatic carbocycles. The topological polar surface area (TPSA) is 251 Å². The van der Waals surface area contributed by atoms with Crippen LogP contribution in [0.3, 0.4) is 0 Å². The van der Waals surface area contributed by atoms with E-state index in [2.05, 4.69) is 41.5 Å². The van der Waals surface area contributed by atoms with Gasteiger partial charge >= 0.3 is 11.4 Å². The third-order valence-electron chi connectivity index (χ3n) is 7.47. The van der Waals surface area contributed by atoms with E-state index >= 15 is 0 Å². The normalized spacial score (nSPS) is 10.9. The first-order valence-electron chi connectivity index (χ1n) is 16.2. The molecule has 0 spiro atoms. The van der Waals surface area contributed by atoms with Gasteiger partial charge in [-0.25, -0.2) is 9.59 Å². The quantitative estimate of drug-likeness (QED) is 0.0926. The number of H-pyrrole nitrogens is 2. The van der Waals surface area contributed by atoms with Gasteiger partial charge in [0, 0.05) is 86.8 Å². The fourth-order valence-corrected chi connectivity index (χ4v) is 4.61. The minimum Gasteiger partial charge on any atom is -0.356 e. The number of nitrogens with zero attached hydrogens (tertiary/aromatic N) is 4. The van der Waals surface area contributed by atoms with E-state index in [1.165, 1.54) is 21.5 Å². The van der Waals surface area contributed by atoms with E-state index in [1.807, 2.05) is 0 Å². The zero-order valence-corrected chi connectivity index (χ0v) is 28.5. The Hall–Kier alpha value is -6.72. The molecule has 4 rings (SSSR count). The molecule has 18 nitrogen and oxygen atoms in total. The highest BCUT2D eigenvalue weighted by atomic mass is 16.2. The van der Waals surface area contributed by atoms with Gasteiger partial charge in [0.05, 0.1) is 11.4 Å². The Bertz CT molecular complexity index is 2030. The van der Waals surface area contributed by atoms with Crippen LogP contribution in [0.15, 0.2) is 90.3 Å². The van der Waals surface area contributed by atoms with Crippen LogP contribution in [-0.2, 0) is 32.3 Å². The zero-order chi connectivity index (χ0) is 37.6. The largest absolute Gasteiger partial charge is 0.356 e. The van der Waals surface area contributed by atoms with Crippen molar-refractivity contribution in [3.63, 3.8) is 0 Å². The van der Waals surface area contributed by atoms with E-state index in [0.29, 0.717) is 33.9 Å². The molecule has 272 valence electrons. The standard InChI is InChI=1S/C34H38N10O8/c1-21-19-43(33(51)39-31(21)49)17-13-27(45)35-15-11-29(47)37-23-3-7-25(8-4-23)41-42-26-9-5-24(6-10-26)38-30(48)12-16-36-28(46)14-18-44-20-22(2)32(50)40-34(44)52/h3-10,19-20H,11-18H2,1-2H3,(H,35,45)(H,36,46)(H,37,47)(H,38,48)(H,39,49,51)(H,40,50,52). The molecular weight excluding hydrogens is 676 g/mol. The lowest BCUT2D eigenvalue weighted by atomic mass is 10.2. The van der Waals surface area contributed by atoms with E-state index in [4.69, 9.17) is 0 Å². The number of aromatic amines is 2. The average molecular weight is 715 g/mol. The first kappa shape index (κ1) is 38.1. The van der Waals surface area contributed by atoms with Crippen molar-refractivity contribution in [2.45, 2.75) is 52.6 Å². The summed E-state index contributed by atoms with van der Waals surface area (Å²) in [7, 11) is 0. The van der Waals surface area contributed by atoms with Gasteiger partial charge in [0.25, 0.3) is 11.1 Å². The lowest BCUT2D eigenvalue weighted by Crippen LogP contribution is -2.33. The van der Waals surface area contributed by atoms with Gasteiger partial charge < -0.3 is 21.3 Å². The van der Waals surface area contributed by atoms with Crippen LogP contribution in [0.4, 0.5) is 22.7 Å². The highest BCUT2D eigenvalue weighted by Crippen LogP contribution is 2.22. The maximum atomic E-state index is 12.3. The van der Waals surface area contributed by atoms with Gasteiger partial charge in [0.2, 0.25) is 23.6 Å². The van der Waals surface area contributed by atoms with E-state index in [0.717, 1.165) is 0 Å². The molecule has 4 amide bonds. The highest BCUT2D eigenvalue weighted by molar-refractivity contribution is 5.92. The molecule has 6 N–H and O–H groups in total. The molecule has 2 aromatic heterocycles. The van der Waals surface area contributed by atoms with Crippen LogP contribution in [0.25, 0.3) is 0 Å². The van der Waals surface area contributed by atoms with E-state index in [1.54, 1.807) is 62.4 Å². The Kier molecular flexibility index (Phi) is 13.4. The smallest absolute Gasteiger partial charge is 0.328 e. The lowest BCUT2D eigenvalue weighted by Gasteiger charge is -2.08. The number of aromatic nitrogens is 4. The monoisotopic (exact) mass is 714 g/mol. The molecule has 0 saturated carbocycles. The van der Waals surface area contributed by atoms with Crippen LogP contribution in [-0.4, -0.2) is 55.8 Å². The lowest BCUT2D eigenvalue weighted by molar-refractivity contribution is -0.122. The molecule has 0 bridgehead atoms. The summed E-state index contributed by atoms with van der Waals surface area (Å²) < 4.78 is 2.49. The van der Waals surface area contributed by atoms with Gasteiger partial charge in [0.15, 0.2) is 0 Å². The van der Waals surface area contributed by atoms with Crippen LogP contribution in [0.2, 0.25) is 0 Å². The minimum atomic E-state index is -0.596. The van der Waals surface area contributed by atoms with Crippen molar-refractivity contribution in [2.75, 3.05) is 23.7 Å². The Balaban J connectivity index is 1.11. The number of benzene rings is 2. The molecule has 18 heteroatoms. The minimum absolute atomic E-state index is 0.00249. The summed E-state index contributed by atoms with van der Waals surface area (Å²) in [4.78, 5) is 99.7. The highest BCUT2D eigenvalue weighted by Gasteiger charge is 2.09. The number of azo groups is 1. The van der Waals surface area contributed by atoms with Gasteiger partial charge in [-0.15, -0.1) is 0 Å². The van der Waals surface area contributed by atoms with Crippen molar-refractivity contribution in [3.05, 3.63) is 114 Å². The van der Waals surface area contributed by atoms with E-state index in [9.17, 15) is 38.4 Å². The van der Waals surface area contributed by atoms with Crippen molar-refractivity contribution in [3.8, 4) is 0 Å². The van der Waals surface area contributed by atoms with Crippen LogP contribution < -0.4 is 43.8 Å². The summed E-state index contributed by atoms with van der Waals surface area (Å²) in [6.45, 7) is 3.49. The first-order valence-corrected chi connectivity index (χ1v) is 16.2. The summed E-state index contributed by atoms with van der Waals surface area (Å²) in [5, 5.41) is 19.1. The predicted molar refractivity (Wildman–Crippen MR) is 191 cm³/mol. The number of anilines is 2. The SMILES string of the molecule is Cc1cn(CCC(=O)NCCC(=O)Nc2ccc(N=Nc3ccc(NC(=O)CCNC(=O)CCn4cc(C)c(=O)[nH]c4=O)cc3)cc2)c(=O)[nH]c1=O. The number of carbonyl (C=O) groups is 4. The molecule has 0 radical (unpaired) electrons. The van der Waals surface area contributed by atoms with Crippen LogP contribution >= 0.6 is 0 Å². The summed E-state index contributed by atoms with van der Waals surface area (Å²) in [5.74, 6) is -1.31. The Labute approximate surface area is 295 Å². The van der Waals surface area contributed by atoms with Crippen LogP contribution in [0.5, 0.6) is 0 Å². The van der Waals surface area contributed by atoms with Crippen molar-refractivity contribution in [1.82, 2.24) is 29.7 Å². The molecule has 2 heterocycles. The van der Waals surface area contributed by atoms with Crippen LogP contribution in [0.1, 0.15) is 36.8 Å². The van der Waals surface area contributed by atoms with Crippen LogP contribution in [0, 0.1) is 13.8 Å². The van der Waals surface area contributed by atoms with Gasteiger partial charge in [-0.3, -0.25) is 47.9 Å². The maximum Gasteiger partial charge on any atom is 0.328 e. The number of hydrogen-bond donors (Lipinski definition) is 6. The Morgan fingerprint density at radius 3 is 1.29 bits per heavy atom. The van der Waals surface area contributed by atoms with Gasteiger partial charge in [-0.2, -0.15) is 10.2 Å². The number of carbonyl (C=O) groups excluding carboxylic acids is 4. The number of rotatable bonds is 16. The number of nitrogens with one attached hydrogen (secondary N) is 6. The summed E-state index contributed by atoms with van der Waals surface area (Å²) >= 11 is 0. The second-order valence-electron chi connectivity index (χ2n) is 11.6. The van der Waals surface area contributed by atoms with Crippen molar-refractivity contribution >= 4 is 46.4 Å². The molecule has 0 atom stereocenters. The molecule has 4 aromatic rings. The second kappa shape index (κ2) is 18.3. The number of amides is 4. The fourth-order valence-electron chi connectivity index (χ4n) is 4.61. The van der Waals surface area contributed by atoms with Gasteiger partial charge in [0.1, 0.15) is 0 Å². The fraction of sp³-hybridized carbons (Fsp3) is 0.294. The van der Waals surface area contributed by atoms with Crippen molar-refractivity contribution < 1.29 is 19.2 Å². The molecule has 52 heavy (non-hydrogen) atoms. The molecule has 0 unspecified atom stereocenters. The molecule has 0 aliphatic rings. The van der Waals surface area contributed by atoms with E-state index < -0.39 is 22.5 Å². The third kappa shape index (κ3) is 12.0. The molecule has 0 aliphatic heterocycles. The summed E-state index contributed by atoms with van der Waals surface area (Å²) in [6.07, 6.45) is 2.85. The van der Waals surface area contributed by atoms with Gasteiger partial charge in [-0.05, 0) is 62.4 Å². The molecule has 0 fully saturated rings. The first-order chi connectivity index (χ1) is 24.9. The number of aryl methyl sites for hydroxylation is 4. The third-order valence-corrected chi connectivity index (χ3v) is 7.47. The summed E-state index contributed by atoms with van der Waals surface area (Å²) in [6, 6.07) is 13.3. The summed E-state index contributed by atoms with van der Waals surface area (Å²) in [5.41, 5.74) is 0.696. The maximum absolute atomic E-state index is 12.3. The van der Waals surface area contributed by atoms with Gasteiger partial charge in [-0.1, -0.05) is 0 Å². The zero-order valence-electron chi connectivity index (χ0n) is 28.5. The number of hydrogen-bond acceptors (Lipinski definition) is 10. The van der Waals surface area contributed by atoms with E-state index in [-0.39, 0.29) is 75.5 Å².